The zero-order chi connectivity index (χ0) is 14.3. The van der Waals surface area contributed by atoms with Crippen LogP contribution in [0.3, 0.4) is 0 Å². The minimum absolute atomic E-state index is 0.0509. The molecule has 0 bridgehead atoms. The number of nitrogens with one attached hydrogen (secondary N) is 1. The average Bonchev–Trinajstić information content (AvgIpc) is 2.43. The van der Waals surface area contributed by atoms with Crippen molar-refractivity contribution in [3.8, 4) is 0 Å². The van der Waals surface area contributed by atoms with Crippen LogP contribution < -0.4 is 5.32 Å². The van der Waals surface area contributed by atoms with Crippen LogP contribution in [0.25, 0.3) is 0 Å². The van der Waals surface area contributed by atoms with E-state index in [4.69, 9.17) is 4.74 Å². The minimum atomic E-state index is -0.0739. The van der Waals surface area contributed by atoms with E-state index in [9.17, 15) is 9.59 Å². The van der Waals surface area contributed by atoms with Gasteiger partial charge in [-0.05, 0) is 19.3 Å². The van der Waals surface area contributed by atoms with Crippen LogP contribution in [0.1, 0.15) is 39.5 Å². The summed E-state index contributed by atoms with van der Waals surface area (Å²) in [5.74, 6) is 0.135. The topological polar surface area (TPSA) is 58.6 Å². The lowest BCUT2D eigenvalue weighted by Gasteiger charge is -2.34. The Labute approximate surface area is 115 Å². The van der Waals surface area contributed by atoms with Crippen molar-refractivity contribution in [2.75, 3.05) is 26.8 Å². The van der Waals surface area contributed by atoms with Crippen molar-refractivity contribution in [3.63, 3.8) is 0 Å². The second-order valence-corrected chi connectivity index (χ2v) is 5.03. The first-order valence-electron chi connectivity index (χ1n) is 7.20. The van der Waals surface area contributed by atoms with Gasteiger partial charge in [-0.2, -0.15) is 0 Å². The molecule has 5 nitrogen and oxygen atoms in total. The third-order valence-electron chi connectivity index (χ3n) is 3.82. The van der Waals surface area contributed by atoms with Crippen LogP contribution in [0.15, 0.2) is 0 Å². The van der Waals surface area contributed by atoms with Gasteiger partial charge < -0.3 is 15.0 Å². The van der Waals surface area contributed by atoms with Crippen LogP contribution in [0.2, 0.25) is 0 Å². The number of hydrogen-bond donors (Lipinski definition) is 1. The van der Waals surface area contributed by atoms with Gasteiger partial charge in [-0.25, -0.2) is 0 Å². The van der Waals surface area contributed by atoms with Crippen molar-refractivity contribution in [3.05, 3.63) is 0 Å². The minimum Gasteiger partial charge on any atom is -0.383 e. The molecule has 0 aliphatic carbocycles. The van der Waals surface area contributed by atoms with Crippen molar-refractivity contribution in [1.29, 1.82) is 0 Å². The van der Waals surface area contributed by atoms with Crippen LogP contribution in [0.5, 0.6) is 0 Å². The van der Waals surface area contributed by atoms with E-state index in [-0.39, 0.29) is 23.8 Å². The Morgan fingerprint density at radius 2 is 2.16 bits per heavy atom. The molecular formula is C14H26N2O3. The summed E-state index contributed by atoms with van der Waals surface area (Å²) in [6, 6.07) is 0.264. The summed E-state index contributed by atoms with van der Waals surface area (Å²) in [5.41, 5.74) is 0. The highest BCUT2D eigenvalue weighted by Crippen LogP contribution is 2.18. The van der Waals surface area contributed by atoms with Gasteiger partial charge in [-0.3, -0.25) is 9.59 Å². The van der Waals surface area contributed by atoms with Gasteiger partial charge >= 0.3 is 0 Å². The number of amides is 2. The molecule has 1 N–H and O–H groups in total. The SMILES string of the molecule is CCC(CC)N(CCOC)C(=O)C1CCC(=O)NC1. The number of nitrogens with zero attached hydrogens (tertiary/aromatic N) is 1. The third-order valence-corrected chi connectivity index (χ3v) is 3.82. The molecule has 0 aromatic carbocycles. The van der Waals surface area contributed by atoms with Gasteiger partial charge in [0.05, 0.1) is 12.5 Å². The lowest BCUT2D eigenvalue weighted by Crippen LogP contribution is -2.49. The summed E-state index contributed by atoms with van der Waals surface area (Å²) in [6.07, 6.45) is 3.02. The lowest BCUT2D eigenvalue weighted by atomic mass is 9.96. The fourth-order valence-corrected chi connectivity index (χ4v) is 2.57. The lowest BCUT2D eigenvalue weighted by molar-refractivity contribution is -0.140. The first-order valence-corrected chi connectivity index (χ1v) is 7.20. The molecule has 2 amide bonds. The largest absolute Gasteiger partial charge is 0.383 e. The third kappa shape index (κ3) is 4.49. The van der Waals surface area contributed by atoms with Crippen LogP contribution in [-0.4, -0.2) is 49.6 Å². The number of rotatable bonds is 7. The Hall–Kier alpha value is -1.10. The Morgan fingerprint density at radius 3 is 2.63 bits per heavy atom. The van der Waals surface area contributed by atoms with E-state index in [0.29, 0.717) is 32.5 Å². The Kier molecular flexibility index (Phi) is 6.84. The summed E-state index contributed by atoms with van der Waals surface area (Å²) in [4.78, 5) is 25.7. The van der Waals surface area contributed by atoms with Crippen LogP contribution >= 0.6 is 0 Å². The van der Waals surface area contributed by atoms with Gasteiger partial charge in [-0.15, -0.1) is 0 Å². The van der Waals surface area contributed by atoms with Gasteiger partial charge in [0.2, 0.25) is 11.8 Å². The molecule has 1 aliphatic heterocycles. The second-order valence-electron chi connectivity index (χ2n) is 5.03. The molecule has 1 atom stereocenters. The predicted octanol–water partition coefficient (Wildman–Crippen LogP) is 1.18. The van der Waals surface area contributed by atoms with Crippen LogP contribution in [-0.2, 0) is 14.3 Å². The van der Waals surface area contributed by atoms with E-state index in [1.54, 1.807) is 7.11 Å². The first-order chi connectivity index (χ1) is 9.13. The molecule has 1 saturated heterocycles. The average molecular weight is 270 g/mol. The maximum absolute atomic E-state index is 12.6. The molecule has 0 spiro atoms. The van der Waals surface area contributed by atoms with E-state index in [1.165, 1.54) is 0 Å². The highest BCUT2D eigenvalue weighted by molar-refractivity contribution is 5.84. The molecular weight excluding hydrogens is 244 g/mol. The highest BCUT2D eigenvalue weighted by Gasteiger charge is 2.30. The standard InChI is InChI=1S/C14H26N2O3/c1-4-12(5-2)16(8-9-19-3)14(18)11-6-7-13(17)15-10-11/h11-12H,4-10H2,1-3H3,(H,15,17). The van der Waals surface area contributed by atoms with Crippen molar-refractivity contribution < 1.29 is 14.3 Å². The zero-order valence-electron chi connectivity index (χ0n) is 12.3. The molecule has 1 rings (SSSR count). The normalized spacial score (nSPS) is 19.4. The molecule has 1 aliphatic rings. The predicted molar refractivity (Wildman–Crippen MR) is 73.7 cm³/mol. The molecule has 110 valence electrons. The molecule has 5 heteroatoms. The Bertz CT molecular complexity index is 293. The maximum atomic E-state index is 12.6. The molecule has 1 unspecified atom stereocenters. The van der Waals surface area contributed by atoms with Crippen molar-refractivity contribution in [2.24, 2.45) is 5.92 Å². The molecule has 0 saturated carbocycles. The van der Waals surface area contributed by atoms with E-state index in [0.717, 1.165) is 12.8 Å². The number of piperidine rings is 1. The molecule has 0 aromatic heterocycles. The number of methoxy groups -OCH3 is 1. The van der Waals surface area contributed by atoms with E-state index >= 15 is 0 Å². The van der Waals surface area contributed by atoms with E-state index in [1.807, 2.05) is 4.90 Å². The van der Waals surface area contributed by atoms with Gasteiger partial charge in [0, 0.05) is 32.7 Å². The molecule has 0 aromatic rings. The fraction of sp³-hybridized carbons (Fsp3) is 0.857. The van der Waals surface area contributed by atoms with Gasteiger partial charge in [-0.1, -0.05) is 13.8 Å². The van der Waals surface area contributed by atoms with Crippen molar-refractivity contribution in [2.45, 2.75) is 45.6 Å². The van der Waals surface area contributed by atoms with Crippen molar-refractivity contribution >= 4 is 11.8 Å². The summed E-state index contributed by atoms with van der Waals surface area (Å²) < 4.78 is 5.10. The number of ether oxygens (including phenoxy) is 1. The summed E-state index contributed by atoms with van der Waals surface area (Å²) in [6.45, 7) is 5.86. The number of carbonyl (C=O) groups excluding carboxylic acids is 2. The van der Waals surface area contributed by atoms with Crippen LogP contribution in [0, 0.1) is 5.92 Å². The monoisotopic (exact) mass is 270 g/mol. The molecule has 19 heavy (non-hydrogen) atoms. The van der Waals surface area contributed by atoms with Gasteiger partial charge in [0.1, 0.15) is 0 Å². The molecule has 1 fully saturated rings. The quantitative estimate of drug-likeness (QED) is 0.755. The number of carbonyl (C=O) groups is 2. The summed E-state index contributed by atoms with van der Waals surface area (Å²) in [5, 5.41) is 2.78. The van der Waals surface area contributed by atoms with Crippen LogP contribution in [0.4, 0.5) is 0 Å². The Balaban J connectivity index is 2.66. The molecule has 1 heterocycles. The van der Waals surface area contributed by atoms with Gasteiger partial charge in [0.15, 0.2) is 0 Å². The second kappa shape index (κ2) is 8.15. The van der Waals surface area contributed by atoms with E-state index in [2.05, 4.69) is 19.2 Å². The fourth-order valence-electron chi connectivity index (χ4n) is 2.57. The summed E-state index contributed by atoms with van der Waals surface area (Å²) in [7, 11) is 1.65. The molecule has 0 radical (unpaired) electrons. The highest BCUT2D eigenvalue weighted by atomic mass is 16.5. The Morgan fingerprint density at radius 1 is 1.47 bits per heavy atom. The maximum Gasteiger partial charge on any atom is 0.227 e. The van der Waals surface area contributed by atoms with E-state index < -0.39 is 0 Å². The van der Waals surface area contributed by atoms with Gasteiger partial charge in [0.25, 0.3) is 0 Å². The smallest absolute Gasteiger partial charge is 0.227 e. The zero-order valence-corrected chi connectivity index (χ0v) is 12.3. The number of hydrogen-bond acceptors (Lipinski definition) is 3. The first kappa shape index (κ1) is 16.0. The summed E-state index contributed by atoms with van der Waals surface area (Å²) >= 11 is 0. The van der Waals surface area contributed by atoms with Crippen molar-refractivity contribution in [1.82, 2.24) is 10.2 Å².